The van der Waals surface area contributed by atoms with Crippen LogP contribution in [0.15, 0.2) is 23.2 Å². The molecule has 5 nitrogen and oxygen atoms in total. The van der Waals surface area contributed by atoms with Crippen molar-refractivity contribution in [2.75, 3.05) is 45.8 Å². The summed E-state index contributed by atoms with van der Waals surface area (Å²) in [6.07, 6.45) is 3.20. The largest absolute Gasteiger partial charge is 0.381 e. The molecule has 0 spiro atoms. The van der Waals surface area contributed by atoms with Gasteiger partial charge in [0, 0.05) is 47.4 Å². The number of hydrogen-bond donors (Lipinski definition) is 2. The smallest absolute Gasteiger partial charge is 0.191 e. The van der Waals surface area contributed by atoms with Crippen LogP contribution in [0.4, 0.5) is 10.1 Å². The summed E-state index contributed by atoms with van der Waals surface area (Å²) in [4.78, 5) is 5.93. The number of aliphatic imine (C=N–C) groups is 1. The van der Waals surface area contributed by atoms with E-state index >= 15 is 0 Å². The summed E-state index contributed by atoms with van der Waals surface area (Å²) in [6, 6.07) is 5.26. The summed E-state index contributed by atoms with van der Waals surface area (Å²) in [7, 11) is 5.38. The van der Waals surface area contributed by atoms with Gasteiger partial charge in [-0.1, -0.05) is 19.4 Å². The average Bonchev–Trinajstić information content (AvgIpc) is 2.56. The molecule has 0 heterocycles. The first kappa shape index (κ1) is 23.9. The Morgan fingerprint density at radius 3 is 2.52 bits per heavy atom. The lowest BCUT2D eigenvalue weighted by Gasteiger charge is -2.15. The van der Waals surface area contributed by atoms with Crippen molar-refractivity contribution >= 4 is 35.6 Å². The predicted octanol–water partition coefficient (Wildman–Crippen LogP) is 3.38. The van der Waals surface area contributed by atoms with Crippen molar-refractivity contribution in [1.29, 1.82) is 0 Å². The van der Waals surface area contributed by atoms with E-state index < -0.39 is 0 Å². The molecule has 0 aliphatic rings. The first-order chi connectivity index (χ1) is 11.6. The second-order valence-corrected chi connectivity index (χ2v) is 5.85. The molecule has 1 rings (SSSR count). The monoisotopic (exact) mass is 466 g/mol. The van der Waals surface area contributed by atoms with E-state index in [1.165, 1.54) is 0 Å². The number of halogens is 2. The molecule has 0 aliphatic carbocycles. The maximum Gasteiger partial charge on any atom is 0.191 e. The molecule has 25 heavy (non-hydrogen) atoms. The Kier molecular flexibility index (Phi) is 13.5. The average molecular weight is 466 g/mol. The first-order valence-corrected chi connectivity index (χ1v) is 8.56. The highest BCUT2D eigenvalue weighted by atomic mass is 127. The lowest BCUT2D eigenvalue weighted by Crippen LogP contribution is -2.37. The van der Waals surface area contributed by atoms with E-state index in [2.05, 4.69) is 22.5 Å². The molecule has 1 aromatic carbocycles. The summed E-state index contributed by atoms with van der Waals surface area (Å²) in [5.74, 6) is 0.493. The van der Waals surface area contributed by atoms with Crippen LogP contribution < -0.4 is 15.5 Å². The second kappa shape index (κ2) is 14.1. The highest BCUT2D eigenvalue weighted by molar-refractivity contribution is 14.0. The fourth-order valence-corrected chi connectivity index (χ4v) is 2.16. The van der Waals surface area contributed by atoms with Crippen molar-refractivity contribution in [3.05, 3.63) is 29.6 Å². The fourth-order valence-electron chi connectivity index (χ4n) is 2.16. The zero-order chi connectivity index (χ0) is 17.8. The van der Waals surface area contributed by atoms with Gasteiger partial charge in [0.2, 0.25) is 0 Å². The van der Waals surface area contributed by atoms with E-state index in [0.717, 1.165) is 44.6 Å². The summed E-state index contributed by atoms with van der Waals surface area (Å²) in [5, 5.41) is 6.42. The second-order valence-electron chi connectivity index (χ2n) is 5.85. The third-order valence-corrected chi connectivity index (χ3v) is 3.58. The number of anilines is 1. The molecule has 144 valence electrons. The van der Waals surface area contributed by atoms with Crippen LogP contribution in [0.2, 0.25) is 0 Å². The van der Waals surface area contributed by atoms with Crippen LogP contribution in [0.25, 0.3) is 0 Å². The maximum absolute atomic E-state index is 14.0. The van der Waals surface area contributed by atoms with Crippen LogP contribution in [0.3, 0.4) is 0 Å². The van der Waals surface area contributed by atoms with Gasteiger partial charge >= 0.3 is 0 Å². The molecule has 0 saturated heterocycles. The minimum atomic E-state index is -0.216. The van der Waals surface area contributed by atoms with Crippen molar-refractivity contribution in [2.45, 2.75) is 32.7 Å². The topological polar surface area (TPSA) is 48.9 Å². The number of guanidine groups is 1. The van der Waals surface area contributed by atoms with Crippen LogP contribution in [0.5, 0.6) is 0 Å². The summed E-state index contributed by atoms with van der Waals surface area (Å²) < 4.78 is 19.5. The molecule has 0 bridgehead atoms. The molecule has 0 atom stereocenters. The van der Waals surface area contributed by atoms with Gasteiger partial charge in [-0.05, 0) is 30.5 Å². The van der Waals surface area contributed by atoms with Gasteiger partial charge < -0.3 is 20.3 Å². The van der Waals surface area contributed by atoms with Gasteiger partial charge in [-0.2, -0.15) is 0 Å². The molecule has 2 N–H and O–H groups in total. The summed E-state index contributed by atoms with van der Waals surface area (Å²) in [5.41, 5.74) is 1.47. The lowest BCUT2D eigenvalue weighted by atomic mass is 10.2. The first-order valence-electron chi connectivity index (χ1n) is 8.56. The number of rotatable bonds is 10. The van der Waals surface area contributed by atoms with E-state index in [1.54, 1.807) is 24.1 Å². The summed E-state index contributed by atoms with van der Waals surface area (Å²) in [6.45, 7) is 5.05. The molecule has 0 saturated carbocycles. The Labute approximate surface area is 168 Å². The predicted molar refractivity (Wildman–Crippen MR) is 115 cm³/mol. The highest BCUT2D eigenvalue weighted by Crippen LogP contribution is 2.18. The zero-order valence-electron chi connectivity index (χ0n) is 15.8. The third kappa shape index (κ3) is 9.84. The zero-order valence-corrected chi connectivity index (χ0v) is 18.1. The molecular weight excluding hydrogens is 434 g/mol. The van der Waals surface area contributed by atoms with Crippen LogP contribution in [-0.4, -0.2) is 46.9 Å². The normalized spacial score (nSPS) is 11.0. The quantitative estimate of drug-likeness (QED) is 0.240. The van der Waals surface area contributed by atoms with Crippen molar-refractivity contribution in [3.8, 4) is 0 Å². The number of nitrogens with zero attached hydrogens (tertiary/aromatic N) is 2. The number of unbranched alkanes of at least 4 members (excludes halogenated alkanes) is 1. The molecule has 0 aliphatic heterocycles. The highest BCUT2D eigenvalue weighted by Gasteiger charge is 2.05. The minimum absolute atomic E-state index is 0. The number of ether oxygens (including phenoxy) is 1. The van der Waals surface area contributed by atoms with Gasteiger partial charge in [-0.15, -0.1) is 24.0 Å². The van der Waals surface area contributed by atoms with Gasteiger partial charge in [-0.25, -0.2) is 4.39 Å². The van der Waals surface area contributed by atoms with Crippen LogP contribution in [0.1, 0.15) is 31.7 Å². The molecule has 0 aromatic heterocycles. The number of benzene rings is 1. The van der Waals surface area contributed by atoms with Gasteiger partial charge in [0.15, 0.2) is 5.96 Å². The van der Waals surface area contributed by atoms with Gasteiger partial charge in [-0.3, -0.25) is 4.99 Å². The van der Waals surface area contributed by atoms with E-state index in [-0.39, 0.29) is 29.8 Å². The molecule has 7 heteroatoms. The SMILES string of the molecule is CCCCOCCCNC(=NC)NCc1ccc(N(C)C)c(F)c1.I. The van der Waals surface area contributed by atoms with Crippen LogP contribution >= 0.6 is 24.0 Å². The molecular formula is C18H32FIN4O. The van der Waals surface area contributed by atoms with Gasteiger partial charge in [0.25, 0.3) is 0 Å². The molecule has 0 amide bonds. The molecule has 1 aromatic rings. The fraction of sp³-hybridized carbons (Fsp3) is 0.611. The Morgan fingerprint density at radius 1 is 1.20 bits per heavy atom. The van der Waals surface area contributed by atoms with Crippen molar-refractivity contribution in [1.82, 2.24) is 10.6 Å². The van der Waals surface area contributed by atoms with E-state index in [9.17, 15) is 4.39 Å². The Bertz CT molecular complexity index is 512. The molecule has 0 unspecified atom stereocenters. The number of nitrogens with one attached hydrogen (secondary N) is 2. The van der Waals surface area contributed by atoms with Crippen molar-refractivity contribution < 1.29 is 9.13 Å². The molecule has 0 fully saturated rings. The Morgan fingerprint density at radius 2 is 1.92 bits per heavy atom. The maximum atomic E-state index is 14.0. The van der Waals surface area contributed by atoms with Crippen LogP contribution in [-0.2, 0) is 11.3 Å². The van der Waals surface area contributed by atoms with E-state index in [1.807, 2.05) is 20.2 Å². The van der Waals surface area contributed by atoms with Crippen LogP contribution in [0, 0.1) is 5.82 Å². The van der Waals surface area contributed by atoms with E-state index in [0.29, 0.717) is 18.2 Å². The van der Waals surface area contributed by atoms with Crippen molar-refractivity contribution in [3.63, 3.8) is 0 Å². The van der Waals surface area contributed by atoms with E-state index in [4.69, 9.17) is 4.74 Å². The standard InChI is InChI=1S/C18H31FN4O.HI/c1-5-6-11-24-12-7-10-21-18(20-2)22-14-15-8-9-17(23(3)4)16(19)13-15;/h8-9,13H,5-7,10-12,14H2,1-4H3,(H2,20,21,22);1H. The summed E-state index contributed by atoms with van der Waals surface area (Å²) >= 11 is 0. The third-order valence-electron chi connectivity index (χ3n) is 3.58. The van der Waals surface area contributed by atoms with Gasteiger partial charge in [0.05, 0.1) is 5.69 Å². The Hall–Kier alpha value is -1.09. The lowest BCUT2D eigenvalue weighted by molar-refractivity contribution is 0.129. The van der Waals surface area contributed by atoms with Gasteiger partial charge in [0.1, 0.15) is 5.82 Å². The number of hydrogen-bond acceptors (Lipinski definition) is 3. The Balaban J connectivity index is 0.00000576. The van der Waals surface area contributed by atoms with Crippen molar-refractivity contribution in [2.24, 2.45) is 4.99 Å². The minimum Gasteiger partial charge on any atom is -0.381 e. The molecule has 0 radical (unpaired) electrons.